The van der Waals surface area contributed by atoms with Gasteiger partial charge in [-0.05, 0) is 55.1 Å². The van der Waals surface area contributed by atoms with Crippen LogP contribution in [0.5, 0.6) is 0 Å². The van der Waals surface area contributed by atoms with E-state index >= 15 is 0 Å². The fraction of sp³-hybridized carbons (Fsp3) is 0.647. The average Bonchev–Trinajstić information content (AvgIpc) is 2.97. The van der Waals surface area contributed by atoms with Crippen LogP contribution in [0.1, 0.15) is 37.7 Å². The summed E-state index contributed by atoms with van der Waals surface area (Å²) in [7, 11) is 0. The van der Waals surface area contributed by atoms with Crippen LogP contribution in [0.4, 0.5) is 0 Å². The minimum Gasteiger partial charge on any atom is -0.315 e. The van der Waals surface area contributed by atoms with E-state index in [0.29, 0.717) is 5.41 Å². The van der Waals surface area contributed by atoms with Crippen LogP contribution in [-0.4, -0.2) is 13.1 Å². The molecule has 2 bridgehead atoms. The van der Waals surface area contributed by atoms with Gasteiger partial charge in [-0.1, -0.05) is 40.5 Å². The maximum Gasteiger partial charge on any atom is 0.0216 e. The van der Waals surface area contributed by atoms with Gasteiger partial charge in [0.05, 0.1) is 0 Å². The van der Waals surface area contributed by atoms with Crippen molar-refractivity contribution in [2.45, 2.75) is 37.5 Å². The lowest BCUT2D eigenvalue weighted by molar-refractivity contribution is 0.179. The molecule has 3 fully saturated rings. The molecule has 1 N–H and O–H groups in total. The fourth-order valence-corrected chi connectivity index (χ4v) is 5.60. The zero-order chi connectivity index (χ0) is 12.9. The van der Waals surface area contributed by atoms with Crippen LogP contribution in [0.25, 0.3) is 0 Å². The Kier molecular flexibility index (Phi) is 3.00. The summed E-state index contributed by atoms with van der Waals surface area (Å²) in [5.74, 6) is 3.11. The van der Waals surface area contributed by atoms with Crippen LogP contribution in [0, 0.1) is 17.8 Å². The van der Waals surface area contributed by atoms with Crippen LogP contribution < -0.4 is 5.32 Å². The highest BCUT2D eigenvalue weighted by atomic mass is 79.9. The van der Waals surface area contributed by atoms with Crippen molar-refractivity contribution < 1.29 is 0 Å². The van der Waals surface area contributed by atoms with Gasteiger partial charge in [-0.3, -0.25) is 0 Å². The summed E-state index contributed by atoms with van der Waals surface area (Å²) in [6, 6.07) is 8.86. The van der Waals surface area contributed by atoms with Crippen molar-refractivity contribution in [3.8, 4) is 0 Å². The van der Waals surface area contributed by atoms with Crippen LogP contribution in [0.2, 0.25) is 0 Å². The van der Waals surface area contributed by atoms with Crippen LogP contribution in [-0.2, 0) is 5.41 Å². The predicted octanol–water partition coefficient (Wildman–Crippen LogP) is 4.12. The number of rotatable bonds is 3. The molecule has 19 heavy (non-hydrogen) atoms. The lowest BCUT2D eigenvalue weighted by Crippen LogP contribution is -2.58. The molecule has 2 saturated carbocycles. The first kappa shape index (κ1) is 12.4. The maximum atomic E-state index is 3.77. The van der Waals surface area contributed by atoms with Gasteiger partial charge in [0.25, 0.3) is 0 Å². The molecule has 2 aliphatic carbocycles. The summed E-state index contributed by atoms with van der Waals surface area (Å²) in [5, 5.41) is 3.52. The molecule has 1 heterocycles. The molecule has 1 aliphatic heterocycles. The van der Waals surface area contributed by atoms with Crippen LogP contribution >= 0.6 is 15.9 Å². The third-order valence-corrected chi connectivity index (χ3v) is 6.60. The molecule has 1 aromatic carbocycles. The second-order valence-electron chi connectivity index (χ2n) is 7.00. The number of hydrogen-bond acceptors (Lipinski definition) is 1. The molecule has 0 radical (unpaired) electrons. The average molecular weight is 320 g/mol. The summed E-state index contributed by atoms with van der Waals surface area (Å²) in [4.78, 5) is 0. The molecule has 102 valence electrons. The summed E-state index contributed by atoms with van der Waals surface area (Å²) < 4.78 is 1.31. The Hall–Kier alpha value is -0.340. The highest BCUT2D eigenvalue weighted by Crippen LogP contribution is 2.53. The minimum absolute atomic E-state index is 0.412. The van der Waals surface area contributed by atoms with Gasteiger partial charge in [0.1, 0.15) is 0 Å². The first-order valence-corrected chi connectivity index (χ1v) is 8.52. The molecule has 3 atom stereocenters. The largest absolute Gasteiger partial charge is 0.315 e. The van der Waals surface area contributed by atoms with Crippen molar-refractivity contribution in [2.75, 3.05) is 13.1 Å². The van der Waals surface area contributed by atoms with E-state index in [-0.39, 0.29) is 0 Å². The molecule has 0 aromatic heterocycles. The van der Waals surface area contributed by atoms with Gasteiger partial charge in [-0.25, -0.2) is 0 Å². The normalized spacial score (nSPS) is 35.3. The summed E-state index contributed by atoms with van der Waals surface area (Å²) in [6.45, 7) is 2.34. The van der Waals surface area contributed by atoms with E-state index in [1.54, 1.807) is 0 Å². The van der Waals surface area contributed by atoms with E-state index in [0.717, 1.165) is 17.8 Å². The van der Waals surface area contributed by atoms with Crippen molar-refractivity contribution in [2.24, 2.45) is 17.8 Å². The lowest BCUT2D eigenvalue weighted by Gasteiger charge is -2.46. The molecule has 4 rings (SSSR count). The molecule has 1 saturated heterocycles. The second kappa shape index (κ2) is 4.60. The molecular formula is C17H22BrN. The van der Waals surface area contributed by atoms with Crippen molar-refractivity contribution in [1.82, 2.24) is 5.32 Å². The third kappa shape index (κ3) is 1.99. The fourth-order valence-electron chi connectivity index (χ4n) is 4.89. The Morgan fingerprint density at radius 2 is 2.00 bits per heavy atom. The van der Waals surface area contributed by atoms with Gasteiger partial charge in [0, 0.05) is 23.0 Å². The van der Waals surface area contributed by atoms with E-state index in [9.17, 15) is 0 Å². The van der Waals surface area contributed by atoms with Crippen molar-refractivity contribution in [3.63, 3.8) is 0 Å². The van der Waals surface area contributed by atoms with Gasteiger partial charge in [-0.2, -0.15) is 0 Å². The van der Waals surface area contributed by atoms with Gasteiger partial charge in [0.2, 0.25) is 0 Å². The lowest BCUT2D eigenvalue weighted by atomic mass is 9.67. The Morgan fingerprint density at radius 1 is 1.16 bits per heavy atom. The highest BCUT2D eigenvalue weighted by molar-refractivity contribution is 9.10. The van der Waals surface area contributed by atoms with E-state index in [2.05, 4.69) is 45.5 Å². The van der Waals surface area contributed by atoms with Crippen molar-refractivity contribution in [1.29, 1.82) is 0 Å². The van der Waals surface area contributed by atoms with E-state index < -0.39 is 0 Å². The molecule has 1 aromatic rings. The van der Waals surface area contributed by atoms with Gasteiger partial charge < -0.3 is 5.32 Å². The predicted molar refractivity (Wildman–Crippen MR) is 82.2 cm³/mol. The zero-order valence-corrected chi connectivity index (χ0v) is 13.0. The third-order valence-electron chi connectivity index (χ3n) is 5.91. The number of hydrogen-bond donors (Lipinski definition) is 1. The standard InChI is InChI=1S/C17H22BrN/c18-16-4-2-1-3-15(16)17(10-19-11-17)9-14-8-12-5-6-13(14)7-12/h1-4,12-14,19H,5-11H2. The Bertz CT molecular complexity index is 480. The first-order valence-electron chi connectivity index (χ1n) is 7.73. The molecule has 2 heteroatoms. The highest BCUT2D eigenvalue weighted by Gasteiger charge is 2.47. The number of benzene rings is 1. The summed E-state index contributed by atoms with van der Waals surface area (Å²) >= 11 is 3.77. The number of fused-ring (bicyclic) bond motifs is 2. The first-order chi connectivity index (χ1) is 9.27. The van der Waals surface area contributed by atoms with Crippen molar-refractivity contribution >= 4 is 15.9 Å². The monoisotopic (exact) mass is 319 g/mol. The molecule has 0 amide bonds. The topological polar surface area (TPSA) is 12.0 Å². The number of nitrogens with one attached hydrogen (secondary N) is 1. The van der Waals surface area contributed by atoms with E-state index in [4.69, 9.17) is 0 Å². The molecular weight excluding hydrogens is 298 g/mol. The Morgan fingerprint density at radius 3 is 2.58 bits per heavy atom. The minimum atomic E-state index is 0.412. The summed E-state index contributed by atoms with van der Waals surface area (Å²) in [5.41, 5.74) is 1.95. The quantitative estimate of drug-likeness (QED) is 0.883. The second-order valence-corrected chi connectivity index (χ2v) is 7.86. The SMILES string of the molecule is Brc1ccccc1C1(CC2CC3CCC2C3)CNC1. The van der Waals surface area contributed by atoms with Crippen LogP contribution in [0.15, 0.2) is 28.7 Å². The maximum absolute atomic E-state index is 3.77. The molecule has 0 spiro atoms. The molecule has 3 unspecified atom stereocenters. The van der Waals surface area contributed by atoms with Crippen LogP contribution in [0.3, 0.4) is 0 Å². The molecule has 1 nitrogen and oxygen atoms in total. The van der Waals surface area contributed by atoms with Gasteiger partial charge in [-0.15, -0.1) is 0 Å². The van der Waals surface area contributed by atoms with Crippen molar-refractivity contribution in [3.05, 3.63) is 34.3 Å². The van der Waals surface area contributed by atoms with E-state index in [1.165, 1.54) is 55.2 Å². The zero-order valence-electron chi connectivity index (χ0n) is 11.4. The Labute approximate surface area is 124 Å². The van der Waals surface area contributed by atoms with Gasteiger partial charge in [0.15, 0.2) is 0 Å². The van der Waals surface area contributed by atoms with Gasteiger partial charge >= 0.3 is 0 Å². The summed E-state index contributed by atoms with van der Waals surface area (Å²) in [6.07, 6.45) is 7.47. The smallest absolute Gasteiger partial charge is 0.0216 e. The molecule has 3 aliphatic rings. The number of halogens is 1. The van der Waals surface area contributed by atoms with E-state index in [1.807, 2.05) is 0 Å². The Balaban J connectivity index is 1.59.